The number of pyridine rings is 1. The van der Waals surface area contributed by atoms with E-state index in [9.17, 15) is 18.8 Å². The number of fused-ring (bicyclic) bond motifs is 1. The predicted molar refractivity (Wildman–Crippen MR) is 113 cm³/mol. The van der Waals surface area contributed by atoms with Gasteiger partial charge in [0.15, 0.2) is 0 Å². The quantitative estimate of drug-likeness (QED) is 0.645. The highest BCUT2D eigenvalue weighted by Crippen LogP contribution is 2.22. The van der Waals surface area contributed by atoms with Crippen molar-refractivity contribution < 1.29 is 9.18 Å². The van der Waals surface area contributed by atoms with Crippen LogP contribution >= 0.6 is 15.9 Å². The number of anilines is 1. The minimum atomic E-state index is -0.531. The summed E-state index contributed by atoms with van der Waals surface area (Å²) in [6.45, 7) is 3.56. The summed E-state index contributed by atoms with van der Waals surface area (Å²) in [4.78, 5) is 41.5. The fourth-order valence-electron chi connectivity index (χ4n) is 3.35. The third kappa shape index (κ3) is 3.87. The van der Waals surface area contributed by atoms with Crippen LogP contribution in [0.4, 0.5) is 10.1 Å². The first-order valence-corrected chi connectivity index (χ1v) is 9.71. The van der Waals surface area contributed by atoms with Gasteiger partial charge in [0.25, 0.3) is 5.56 Å². The van der Waals surface area contributed by atoms with E-state index in [1.807, 2.05) is 0 Å². The Morgan fingerprint density at radius 1 is 1.21 bits per heavy atom. The van der Waals surface area contributed by atoms with Crippen molar-refractivity contribution in [1.82, 2.24) is 14.1 Å². The Morgan fingerprint density at radius 3 is 2.55 bits per heavy atom. The molecule has 0 atom stereocenters. The number of hydrogen-bond donors (Lipinski definition) is 1. The van der Waals surface area contributed by atoms with E-state index in [2.05, 4.69) is 26.2 Å². The van der Waals surface area contributed by atoms with Crippen molar-refractivity contribution in [3.63, 3.8) is 0 Å². The Kier molecular flexibility index (Phi) is 5.70. The normalized spacial score (nSPS) is 11.1. The van der Waals surface area contributed by atoms with Crippen LogP contribution in [0.25, 0.3) is 11.0 Å². The molecule has 9 heteroatoms. The van der Waals surface area contributed by atoms with Crippen molar-refractivity contribution in [3.05, 3.63) is 66.1 Å². The number of aryl methyl sites for hydroxylation is 3. The van der Waals surface area contributed by atoms with Crippen LogP contribution in [-0.4, -0.2) is 20.0 Å². The summed E-state index contributed by atoms with van der Waals surface area (Å²) >= 11 is 3.17. The topological polar surface area (TPSA) is 86.0 Å². The molecule has 152 valence electrons. The molecular weight excluding hydrogens is 443 g/mol. The number of amides is 1. The molecule has 3 aromatic rings. The molecule has 3 rings (SSSR count). The van der Waals surface area contributed by atoms with Crippen LogP contribution in [-0.2, 0) is 25.3 Å². The summed E-state index contributed by atoms with van der Waals surface area (Å²) < 4.78 is 16.9. The van der Waals surface area contributed by atoms with Gasteiger partial charge in [0.05, 0.1) is 11.1 Å². The van der Waals surface area contributed by atoms with Gasteiger partial charge >= 0.3 is 5.69 Å². The maximum Gasteiger partial charge on any atom is 0.332 e. The monoisotopic (exact) mass is 462 g/mol. The number of carbonyl (C=O) groups is 1. The third-order valence-corrected chi connectivity index (χ3v) is 5.47. The van der Waals surface area contributed by atoms with Crippen LogP contribution in [0.1, 0.15) is 23.2 Å². The summed E-state index contributed by atoms with van der Waals surface area (Å²) in [5.74, 6) is -0.879. The highest BCUT2D eigenvalue weighted by atomic mass is 79.9. The Morgan fingerprint density at radius 2 is 1.90 bits per heavy atom. The number of nitrogens with one attached hydrogen (secondary N) is 1. The molecule has 0 bridgehead atoms. The summed E-state index contributed by atoms with van der Waals surface area (Å²) in [6.07, 6.45) is 0.424. The maximum absolute atomic E-state index is 13.9. The molecule has 2 aromatic heterocycles. The van der Waals surface area contributed by atoms with Gasteiger partial charge in [-0.15, -0.1) is 0 Å². The van der Waals surface area contributed by atoms with E-state index < -0.39 is 17.1 Å². The summed E-state index contributed by atoms with van der Waals surface area (Å²) in [5, 5.41) is 2.91. The first-order valence-electron chi connectivity index (χ1n) is 8.92. The van der Waals surface area contributed by atoms with Crippen molar-refractivity contribution in [2.45, 2.75) is 26.7 Å². The smallest absolute Gasteiger partial charge is 0.324 e. The lowest BCUT2D eigenvalue weighted by atomic mass is 10.00. The summed E-state index contributed by atoms with van der Waals surface area (Å²) in [5.41, 5.74) is 1.64. The Bertz CT molecular complexity index is 1260. The number of nitrogens with zero attached hydrogens (tertiary/aromatic N) is 3. The zero-order valence-electron chi connectivity index (χ0n) is 16.5. The van der Waals surface area contributed by atoms with Crippen molar-refractivity contribution in [1.29, 1.82) is 0 Å². The molecule has 2 heterocycles. The fourth-order valence-corrected chi connectivity index (χ4v) is 3.68. The second kappa shape index (κ2) is 7.90. The minimum absolute atomic E-state index is 0.0937. The Hall–Kier alpha value is -2.81. The zero-order chi connectivity index (χ0) is 21.5. The second-order valence-corrected chi connectivity index (χ2v) is 7.79. The van der Waals surface area contributed by atoms with Crippen molar-refractivity contribution in [2.75, 3.05) is 5.32 Å². The molecule has 0 fully saturated rings. The van der Waals surface area contributed by atoms with Crippen LogP contribution in [0.5, 0.6) is 0 Å². The predicted octanol–water partition coefficient (Wildman–Crippen LogP) is 2.72. The average Bonchev–Trinajstić information content (AvgIpc) is 2.66. The van der Waals surface area contributed by atoms with Gasteiger partial charge < -0.3 is 5.32 Å². The van der Waals surface area contributed by atoms with Gasteiger partial charge in [-0.05, 0) is 49.6 Å². The lowest BCUT2D eigenvalue weighted by Crippen LogP contribution is -2.38. The van der Waals surface area contributed by atoms with Crippen LogP contribution in [0.3, 0.4) is 0 Å². The average molecular weight is 463 g/mol. The third-order valence-electron chi connectivity index (χ3n) is 4.98. The number of halogens is 2. The van der Waals surface area contributed by atoms with Crippen molar-refractivity contribution in [3.8, 4) is 0 Å². The first-order chi connectivity index (χ1) is 13.6. The number of benzene rings is 1. The molecule has 0 aliphatic heterocycles. The summed E-state index contributed by atoms with van der Waals surface area (Å²) in [7, 11) is 2.99. The van der Waals surface area contributed by atoms with Gasteiger partial charge in [-0.1, -0.05) is 15.9 Å². The van der Waals surface area contributed by atoms with Gasteiger partial charge in [0, 0.05) is 30.7 Å². The molecular formula is C20H20BrFN4O3. The van der Waals surface area contributed by atoms with Crippen LogP contribution in [0, 0.1) is 19.7 Å². The van der Waals surface area contributed by atoms with Gasteiger partial charge in [0.2, 0.25) is 5.91 Å². The first kappa shape index (κ1) is 20.9. The van der Waals surface area contributed by atoms with Crippen molar-refractivity contribution in [2.24, 2.45) is 14.1 Å². The van der Waals surface area contributed by atoms with E-state index in [4.69, 9.17) is 0 Å². The maximum atomic E-state index is 13.9. The lowest BCUT2D eigenvalue weighted by Gasteiger charge is -2.15. The van der Waals surface area contributed by atoms with Crippen molar-refractivity contribution >= 4 is 38.6 Å². The van der Waals surface area contributed by atoms with Crippen LogP contribution in [0.15, 0.2) is 32.3 Å². The molecule has 0 aliphatic rings. The highest BCUT2D eigenvalue weighted by molar-refractivity contribution is 9.10. The molecule has 1 N–H and O–H groups in total. The number of aromatic nitrogens is 3. The van der Waals surface area contributed by atoms with E-state index in [-0.39, 0.29) is 18.0 Å². The molecule has 1 aromatic carbocycles. The zero-order valence-corrected chi connectivity index (χ0v) is 18.1. The van der Waals surface area contributed by atoms with Gasteiger partial charge in [0.1, 0.15) is 11.5 Å². The molecule has 29 heavy (non-hydrogen) atoms. The number of carbonyl (C=O) groups excluding carboxylic acids is 1. The number of rotatable bonds is 4. The largest absolute Gasteiger partial charge is 0.332 e. The van der Waals surface area contributed by atoms with Gasteiger partial charge in [-0.3, -0.25) is 18.7 Å². The van der Waals surface area contributed by atoms with E-state index in [0.29, 0.717) is 33.2 Å². The second-order valence-electron chi connectivity index (χ2n) is 6.88. The van der Waals surface area contributed by atoms with Gasteiger partial charge in [-0.2, -0.15) is 0 Å². The van der Waals surface area contributed by atoms with E-state index in [1.165, 1.54) is 23.7 Å². The van der Waals surface area contributed by atoms with E-state index in [0.717, 1.165) is 10.1 Å². The molecule has 0 unspecified atom stereocenters. The molecule has 0 spiro atoms. The number of hydrogen-bond acceptors (Lipinski definition) is 4. The highest BCUT2D eigenvalue weighted by Gasteiger charge is 2.18. The van der Waals surface area contributed by atoms with E-state index >= 15 is 0 Å². The standard InChI is InChI=1S/C20H20BrFN4O3/c1-10-13(6-8-16(27)24-15-7-5-12(21)9-14(15)22)11(2)23-18-17(10)19(28)26(4)20(29)25(18)3/h5,7,9H,6,8H2,1-4H3,(H,24,27). The Balaban J connectivity index is 1.91. The van der Waals surface area contributed by atoms with E-state index in [1.54, 1.807) is 27.0 Å². The fraction of sp³-hybridized carbons (Fsp3) is 0.300. The van der Waals surface area contributed by atoms with Crippen LogP contribution < -0.4 is 16.6 Å². The minimum Gasteiger partial charge on any atom is -0.324 e. The summed E-state index contributed by atoms with van der Waals surface area (Å²) in [6, 6.07) is 4.40. The molecule has 7 nitrogen and oxygen atoms in total. The molecule has 0 saturated carbocycles. The molecule has 1 amide bonds. The molecule has 0 aliphatic carbocycles. The Labute approximate surface area is 174 Å². The van der Waals surface area contributed by atoms with Gasteiger partial charge in [-0.25, -0.2) is 14.2 Å². The van der Waals surface area contributed by atoms with Crippen LogP contribution in [0.2, 0.25) is 0 Å². The molecule has 0 saturated heterocycles. The lowest BCUT2D eigenvalue weighted by molar-refractivity contribution is -0.116. The SMILES string of the molecule is Cc1nc2c(c(C)c1CCC(=O)Nc1ccc(Br)cc1F)c(=O)n(C)c(=O)n2C. The molecule has 0 radical (unpaired) electrons.